The smallest absolute Gasteiger partial charge is 0.265 e. The highest BCUT2D eigenvalue weighted by atomic mass is 32.1. The summed E-state index contributed by atoms with van der Waals surface area (Å²) in [6.07, 6.45) is 7.06. The average Bonchev–Trinajstić information content (AvgIpc) is 3.35. The van der Waals surface area contributed by atoms with Crippen molar-refractivity contribution in [3.8, 4) is 17.0 Å². The van der Waals surface area contributed by atoms with Crippen LogP contribution in [0.4, 0.5) is 0 Å². The number of benzene rings is 1. The first kappa shape index (κ1) is 15.3. The van der Waals surface area contributed by atoms with E-state index in [1.807, 2.05) is 24.3 Å². The van der Waals surface area contributed by atoms with Crippen LogP contribution < -0.4 is 10.1 Å². The van der Waals surface area contributed by atoms with Gasteiger partial charge in [0, 0.05) is 12.1 Å². The van der Waals surface area contributed by atoms with Gasteiger partial charge in [-0.1, -0.05) is 16.6 Å². The predicted molar refractivity (Wildman–Crippen MR) is 93.1 cm³/mol. The number of hydrogen-bond donors (Lipinski definition) is 1. The second-order valence-corrected chi connectivity index (χ2v) is 7.18. The van der Waals surface area contributed by atoms with E-state index in [0.29, 0.717) is 22.4 Å². The molecule has 4 rings (SSSR count). The summed E-state index contributed by atoms with van der Waals surface area (Å²) in [5.74, 6) is 2.61. The SMILES string of the molecule is COc1ccc(-c2nnsc2C(=O)NC[C@H]2C[C@@H]3C=C[C@@H]2C3)cc1. The molecule has 24 heavy (non-hydrogen) atoms. The summed E-state index contributed by atoms with van der Waals surface area (Å²) in [5, 5.41) is 7.21. The number of carbonyl (C=O) groups is 1. The molecule has 1 aromatic heterocycles. The molecule has 1 aromatic carbocycles. The number of carbonyl (C=O) groups excluding carboxylic acids is 1. The van der Waals surface area contributed by atoms with Crippen LogP contribution >= 0.6 is 11.5 Å². The van der Waals surface area contributed by atoms with Gasteiger partial charge in [0.25, 0.3) is 5.91 Å². The Bertz CT molecular complexity index is 769. The Hall–Kier alpha value is -2.21. The summed E-state index contributed by atoms with van der Waals surface area (Å²) in [6.45, 7) is 0.726. The highest BCUT2D eigenvalue weighted by Crippen LogP contribution is 2.43. The van der Waals surface area contributed by atoms with E-state index in [1.165, 1.54) is 12.8 Å². The fourth-order valence-corrected chi connectivity index (χ4v) is 4.32. The van der Waals surface area contributed by atoms with Gasteiger partial charge in [-0.05, 0) is 66.4 Å². The summed E-state index contributed by atoms with van der Waals surface area (Å²) in [4.78, 5) is 13.1. The third kappa shape index (κ3) is 2.82. The van der Waals surface area contributed by atoms with Gasteiger partial charge in [-0.2, -0.15) is 0 Å². The van der Waals surface area contributed by atoms with Crippen LogP contribution in [0.5, 0.6) is 5.75 Å². The summed E-state index contributed by atoms with van der Waals surface area (Å²) < 4.78 is 9.13. The lowest BCUT2D eigenvalue weighted by atomic mass is 9.93. The lowest BCUT2D eigenvalue weighted by Crippen LogP contribution is -2.30. The van der Waals surface area contributed by atoms with Gasteiger partial charge in [-0.15, -0.1) is 5.10 Å². The van der Waals surface area contributed by atoms with E-state index < -0.39 is 0 Å². The maximum atomic E-state index is 12.6. The molecule has 1 fully saturated rings. The number of rotatable bonds is 5. The molecule has 0 aliphatic heterocycles. The van der Waals surface area contributed by atoms with E-state index in [1.54, 1.807) is 7.11 Å². The van der Waals surface area contributed by atoms with Crippen LogP contribution in [0.2, 0.25) is 0 Å². The quantitative estimate of drug-likeness (QED) is 0.849. The van der Waals surface area contributed by atoms with E-state index in [2.05, 4.69) is 27.1 Å². The number of hydrogen-bond acceptors (Lipinski definition) is 5. The molecule has 1 amide bonds. The topological polar surface area (TPSA) is 64.1 Å². The molecule has 0 unspecified atom stereocenters. The summed E-state index contributed by atoms with van der Waals surface area (Å²) in [7, 11) is 1.63. The lowest BCUT2D eigenvalue weighted by Gasteiger charge is -2.18. The molecule has 2 aliphatic carbocycles. The van der Waals surface area contributed by atoms with Crippen LogP contribution in [0.1, 0.15) is 22.5 Å². The zero-order chi connectivity index (χ0) is 16.5. The van der Waals surface area contributed by atoms with E-state index in [9.17, 15) is 4.79 Å². The van der Waals surface area contributed by atoms with Crippen LogP contribution in [0.3, 0.4) is 0 Å². The Morgan fingerprint density at radius 2 is 2.12 bits per heavy atom. The third-order valence-corrected chi connectivity index (χ3v) is 5.72. The lowest BCUT2D eigenvalue weighted by molar-refractivity contribution is 0.0949. The van der Waals surface area contributed by atoms with Crippen LogP contribution in [-0.4, -0.2) is 29.1 Å². The van der Waals surface area contributed by atoms with Gasteiger partial charge in [0.05, 0.1) is 7.11 Å². The minimum absolute atomic E-state index is 0.0810. The first-order chi connectivity index (χ1) is 11.7. The maximum Gasteiger partial charge on any atom is 0.265 e. The molecule has 6 heteroatoms. The summed E-state index contributed by atoms with van der Waals surface area (Å²) in [5.41, 5.74) is 1.51. The van der Waals surface area contributed by atoms with Gasteiger partial charge < -0.3 is 10.1 Å². The third-order valence-electron chi connectivity index (χ3n) is 5.00. The predicted octanol–water partition coefficient (Wildman–Crippen LogP) is 3.16. The number of ether oxygens (including phenoxy) is 1. The number of nitrogens with zero attached hydrogens (tertiary/aromatic N) is 2. The highest BCUT2D eigenvalue weighted by Gasteiger charge is 2.35. The largest absolute Gasteiger partial charge is 0.497 e. The molecule has 124 valence electrons. The zero-order valence-electron chi connectivity index (χ0n) is 13.4. The van der Waals surface area contributed by atoms with Crippen molar-refractivity contribution in [3.63, 3.8) is 0 Å². The van der Waals surface area contributed by atoms with Gasteiger partial charge in [0.2, 0.25) is 0 Å². The van der Waals surface area contributed by atoms with Gasteiger partial charge in [-0.3, -0.25) is 4.79 Å². The van der Waals surface area contributed by atoms with Crippen molar-refractivity contribution in [1.29, 1.82) is 0 Å². The maximum absolute atomic E-state index is 12.6. The molecule has 1 heterocycles. The van der Waals surface area contributed by atoms with Crippen molar-refractivity contribution >= 4 is 17.4 Å². The zero-order valence-corrected chi connectivity index (χ0v) is 14.3. The normalized spacial score (nSPS) is 24.3. The fourth-order valence-electron chi connectivity index (χ4n) is 3.71. The number of allylic oxidation sites excluding steroid dienone is 2. The number of aromatic nitrogens is 2. The van der Waals surface area contributed by atoms with Crippen LogP contribution in [0.25, 0.3) is 11.3 Å². The van der Waals surface area contributed by atoms with E-state index >= 15 is 0 Å². The first-order valence-electron chi connectivity index (χ1n) is 8.18. The number of nitrogens with one attached hydrogen (secondary N) is 1. The second-order valence-electron chi connectivity index (χ2n) is 6.43. The monoisotopic (exact) mass is 341 g/mol. The Balaban J connectivity index is 1.45. The first-order valence-corrected chi connectivity index (χ1v) is 8.95. The second kappa shape index (κ2) is 6.36. The number of methoxy groups -OCH3 is 1. The Labute approximate surface area is 144 Å². The Kier molecular flexibility index (Phi) is 4.06. The Morgan fingerprint density at radius 3 is 2.79 bits per heavy atom. The molecule has 2 bridgehead atoms. The van der Waals surface area contributed by atoms with Gasteiger partial charge in [0.1, 0.15) is 16.3 Å². The summed E-state index contributed by atoms with van der Waals surface area (Å²) >= 11 is 1.14. The van der Waals surface area contributed by atoms with E-state index in [0.717, 1.165) is 35.3 Å². The molecule has 0 saturated heterocycles. The molecule has 1 saturated carbocycles. The van der Waals surface area contributed by atoms with Gasteiger partial charge in [-0.25, -0.2) is 0 Å². The average molecular weight is 341 g/mol. The van der Waals surface area contributed by atoms with Crippen molar-refractivity contribution in [2.24, 2.45) is 17.8 Å². The molecule has 0 spiro atoms. The molecule has 3 atom stereocenters. The minimum atomic E-state index is -0.0810. The molecule has 0 radical (unpaired) electrons. The van der Waals surface area contributed by atoms with Crippen molar-refractivity contribution in [2.45, 2.75) is 12.8 Å². The molecule has 2 aliphatic rings. The standard InChI is InChI=1S/C18H19N3O2S/c1-23-15-6-4-12(5-7-15)16-17(24-21-20-16)18(22)19-10-14-9-11-2-3-13(14)8-11/h2-7,11,13-14H,8-10H2,1H3,(H,19,22)/t11-,13-,14-/m1/s1. The van der Waals surface area contributed by atoms with Crippen LogP contribution in [-0.2, 0) is 0 Å². The molecular weight excluding hydrogens is 322 g/mol. The van der Waals surface area contributed by atoms with Crippen LogP contribution in [0, 0.1) is 17.8 Å². The van der Waals surface area contributed by atoms with Crippen molar-refractivity contribution < 1.29 is 9.53 Å². The van der Waals surface area contributed by atoms with E-state index in [4.69, 9.17) is 4.74 Å². The summed E-state index contributed by atoms with van der Waals surface area (Å²) in [6, 6.07) is 7.51. The molecular formula is C18H19N3O2S. The minimum Gasteiger partial charge on any atom is -0.497 e. The highest BCUT2D eigenvalue weighted by molar-refractivity contribution is 7.08. The fraction of sp³-hybridized carbons (Fsp3) is 0.389. The van der Waals surface area contributed by atoms with Crippen molar-refractivity contribution in [3.05, 3.63) is 41.3 Å². The van der Waals surface area contributed by atoms with Gasteiger partial charge in [0.15, 0.2) is 0 Å². The van der Waals surface area contributed by atoms with Crippen molar-refractivity contribution in [1.82, 2.24) is 14.9 Å². The molecule has 2 aromatic rings. The molecule has 1 N–H and O–H groups in total. The van der Waals surface area contributed by atoms with Crippen molar-refractivity contribution in [2.75, 3.05) is 13.7 Å². The van der Waals surface area contributed by atoms with Gasteiger partial charge >= 0.3 is 0 Å². The Morgan fingerprint density at radius 1 is 1.29 bits per heavy atom. The van der Waals surface area contributed by atoms with Crippen LogP contribution in [0.15, 0.2) is 36.4 Å². The number of fused-ring (bicyclic) bond motifs is 2. The molecule has 5 nitrogen and oxygen atoms in total. The number of amides is 1. The van der Waals surface area contributed by atoms with E-state index in [-0.39, 0.29) is 5.91 Å².